The molecule has 2 aromatic heterocycles. The third kappa shape index (κ3) is 7.42. The Kier molecular flexibility index (Phi) is 9.02. The molecule has 1 aromatic carbocycles. The van der Waals surface area contributed by atoms with Gasteiger partial charge in [0, 0.05) is 20.0 Å². The molecule has 1 saturated carbocycles. The minimum atomic E-state index is -4.76. The molecule has 0 spiro atoms. The number of benzene rings is 1. The first kappa shape index (κ1) is 33.1. The van der Waals surface area contributed by atoms with Crippen molar-refractivity contribution in [3.8, 4) is 5.88 Å². The lowest BCUT2D eigenvalue weighted by Gasteiger charge is -2.32. The van der Waals surface area contributed by atoms with Gasteiger partial charge in [0.15, 0.2) is 12.2 Å². The van der Waals surface area contributed by atoms with Gasteiger partial charge in [0.05, 0.1) is 19.2 Å². The molecule has 3 amide bonds. The molecule has 2 fully saturated rings. The molecule has 0 bridgehead atoms. The van der Waals surface area contributed by atoms with Gasteiger partial charge >= 0.3 is 18.4 Å². The van der Waals surface area contributed by atoms with Crippen LogP contribution in [-0.2, 0) is 4.74 Å². The molecule has 12 nitrogen and oxygen atoms in total. The lowest BCUT2D eigenvalue weighted by atomic mass is 9.82. The van der Waals surface area contributed by atoms with Crippen LogP contribution in [-0.4, -0.2) is 83.3 Å². The molecule has 3 aromatic rings. The molecule has 3 atom stereocenters. The molecule has 46 heavy (non-hydrogen) atoms. The number of fused-ring (bicyclic) bond motifs is 1. The van der Waals surface area contributed by atoms with Crippen LogP contribution in [0.15, 0.2) is 27.2 Å². The van der Waals surface area contributed by atoms with E-state index in [0.29, 0.717) is 5.56 Å². The summed E-state index contributed by atoms with van der Waals surface area (Å²) in [5.41, 5.74) is -0.104. The summed E-state index contributed by atoms with van der Waals surface area (Å²) in [7, 11) is 1.31. The summed E-state index contributed by atoms with van der Waals surface area (Å²) in [5, 5.41) is 10.9. The standard InChI is InChI=1S/C26H26F8N6O6/c1-43-10-15(40-9-17(26(32,33)34)36-23(40)42)13-2-3-16-14(8-13)35-21(45-16)18(12-4-6-24(27,28)7-5-12)37-20(41)19-22(39-46-38-19)44-11-25(29,30)31/h2-3,8,12,15,17-18H,4-7,9-11H2,1H3,(H,36,42)(H,37,41)/t15-,17+,18+/m1/s1. The van der Waals surface area contributed by atoms with Crippen molar-refractivity contribution in [1.29, 1.82) is 0 Å². The van der Waals surface area contributed by atoms with Crippen LogP contribution in [0, 0.1) is 5.92 Å². The normalized spacial score (nSPS) is 20.5. The van der Waals surface area contributed by atoms with Crippen molar-refractivity contribution in [2.75, 3.05) is 26.9 Å². The van der Waals surface area contributed by atoms with E-state index in [9.17, 15) is 44.7 Å². The van der Waals surface area contributed by atoms with Crippen molar-refractivity contribution in [1.82, 2.24) is 30.8 Å². The maximum Gasteiger partial charge on any atom is 0.422 e. The topological polar surface area (TPSA) is 145 Å². The minimum absolute atomic E-state index is 0.0865. The number of methoxy groups -OCH3 is 1. The third-order valence-electron chi connectivity index (χ3n) is 7.68. The molecule has 2 N–H and O–H groups in total. The van der Waals surface area contributed by atoms with Gasteiger partial charge in [0.1, 0.15) is 17.6 Å². The zero-order valence-electron chi connectivity index (χ0n) is 23.8. The van der Waals surface area contributed by atoms with E-state index >= 15 is 0 Å². The second kappa shape index (κ2) is 12.5. The number of nitrogens with one attached hydrogen (secondary N) is 2. The van der Waals surface area contributed by atoms with Gasteiger partial charge in [-0.05, 0) is 46.8 Å². The molecule has 1 aliphatic carbocycles. The van der Waals surface area contributed by atoms with Crippen LogP contribution in [0.1, 0.15) is 59.7 Å². The van der Waals surface area contributed by atoms with E-state index in [1.165, 1.54) is 25.3 Å². The predicted molar refractivity (Wildman–Crippen MR) is 137 cm³/mol. The highest BCUT2D eigenvalue weighted by atomic mass is 19.4. The molecule has 2 aliphatic rings. The molecule has 3 heterocycles. The number of hydrogen-bond acceptors (Lipinski definition) is 9. The number of hydrogen-bond donors (Lipinski definition) is 2. The summed E-state index contributed by atoms with van der Waals surface area (Å²) >= 11 is 0. The Morgan fingerprint density at radius 1 is 1.17 bits per heavy atom. The number of oxazole rings is 1. The molecule has 5 rings (SSSR count). The highest BCUT2D eigenvalue weighted by molar-refractivity contribution is 5.94. The fourth-order valence-corrected chi connectivity index (χ4v) is 5.39. The number of halogens is 8. The number of rotatable bonds is 10. The van der Waals surface area contributed by atoms with E-state index < -0.39 is 91.8 Å². The third-order valence-corrected chi connectivity index (χ3v) is 7.68. The zero-order chi connectivity index (χ0) is 33.4. The summed E-state index contributed by atoms with van der Waals surface area (Å²) in [6, 6.07) is -0.839. The van der Waals surface area contributed by atoms with E-state index in [4.69, 9.17) is 9.15 Å². The largest absolute Gasteiger partial charge is 0.464 e. The number of urea groups is 1. The quantitative estimate of drug-likeness (QED) is 0.282. The van der Waals surface area contributed by atoms with Crippen molar-refractivity contribution in [2.45, 2.75) is 62.1 Å². The summed E-state index contributed by atoms with van der Waals surface area (Å²) in [4.78, 5) is 31.0. The van der Waals surface area contributed by atoms with Crippen LogP contribution in [0.25, 0.3) is 11.1 Å². The number of carbonyl (C=O) groups excluding carboxylic acids is 2. The summed E-state index contributed by atoms with van der Waals surface area (Å²) in [6.45, 7) is -2.64. The lowest BCUT2D eigenvalue weighted by molar-refractivity contribution is -0.154. The minimum Gasteiger partial charge on any atom is -0.464 e. The van der Waals surface area contributed by atoms with Gasteiger partial charge in [-0.3, -0.25) is 4.79 Å². The predicted octanol–water partition coefficient (Wildman–Crippen LogP) is 5.09. The zero-order valence-corrected chi connectivity index (χ0v) is 23.8. The average molecular weight is 671 g/mol. The SMILES string of the molecule is COC[C@H](c1ccc2oc([C@@H](NC(=O)c3nonc3OCC(F)(F)F)C3CCC(F)(F)CC3)nc2c1)N1C[C@@H](C(F)(F)F)NC1=O. The van der Waals surface area contributed by atoms with Gasteiger partial charge < -0.3 is 29.4 Å². The van der Waals surface area contributed by atoms with Crippen molar-refractivity contribution < 1.29 is 63.2 Å². The summed E-state index contributed by atoms with van der Waals surface area (Å²) in [5.74, 6) is -5.72. The van der Waals surface area contributed by atoms with Crippen LogP contribution in [0.2, 0.25) is 0 Å². The summed E-state index contributed by atoms with van der Waals surface area (Å²) in [6.07, 6.45) is -10.7. The van der Waals surface area contributed by atoms with E-state index in [-0.39, 0.29) is 36.4 Å². The first-order valence-corrected chi connectivity index (χ1v) is 13.8. The Bertz CT molecular complexity index is 1550. The fraction of sp³-hybridized carbons (Fsp3) is 0.577. The summed E-state index contributed by atoms with van der Waals surface area (Å²) < 4.78 is 126. The van der Waals surface area contributed by atoms with Crippen LogP contribution in [0.3, 0.4) is 0 Å². The smallest absolute Gasteiger partial charge is 0.422 e. The molecule has 20 heteroatoms. The van der Waals surface area contributed by atoms with E-state index in [1.807, 2.05) is 5.32 Å². The molecule has 252 valence electrons. The van der Waals surface area contributed by atoms with Crippen LogP contribution >= 0.6 is 0 Å². The average Bonchev–Trinajstić information content (AvgIpc) is 3.71. The first-order chi connectivity index (χ1) is 21.5. The molecule has 1 saturated heterocycles. The number of alkyl halides is 8. The van der Waals surface area contributed by atoms with Crippen LogP contribution < -0.4 is 15.4 Å². The van der Waals surface area contributed by atoms with Gasteiger partial charge in [-0.2, -0.15) is 26.3 Å². The van der Waals surface area contributed by atoms with Crippen molar-refractivity contribution >= 4 is 23.0 Å². The van der Waals surface area contributed by atoms with Gasteiger partial charge in [0.2, 0.25) is 17.5 Å². The maximum atomic E-state index is 14.0. The Hall–Kier alpha value is -4.23. The maximum absolute atomic E-state index is 14.0. The highest BCUT2D eigenvalue weighted by Crippen LogP contribution is 2.42. The van der Waals surface area contributed by atoms with Gasteiger partial charge in [-0.1, -0.05) is 6.07 Å². The highest BCUT2D eigenvalue weighted by Gasteiger charge is 2.49. The molecular weight excluding hydrogens is 644 g/mol. The number of amides is 3. The Balaban J connectivity index is 1.43. The number of aromatic nitrogens is 3. The van der Waals surface area contributed by atoms with Gasteiger partial charge in [0.25, 0.3) is 11.8 Å². The number of carbonyl (C=O) groups is 2. The fourth-order valence-electron chi connectivity index (χ4n) is 5.39. The Labute approximate surface area is 253 Å². The van der Waals surface area contributed by atoms with Crippen molar-refractivity contribution in [3.63, 3.8) is 0 Å². The monoisotopic (exact) mass is 670 g/mol. The lowest BCUT2D eigenvalue weighted by Crippen LogP contribution is -2.40. The second-order valence-electron chi connectivity index (χ2n) is 10.9. The van der Waals surface area contributed by atoms with Gasteiger partial charge in [-0.25, -0.2) is 23.2 Å². The van der Waals surface area contributed by atoms with E-state index in [2.05, 4.69) is 30.0 Å². The molecule has 1 aliphatic heterocycles. The first-order valence-electron chi connectivity index (χ1n) is 13.8. The van der Waals surface area contributed by atoms with Gasteiger partial charge in [-0.15, -0.1) is 0 Å². The molecule has 0 radical (unpaired) electrons. The Morgan fingerprint density at radius 2 is 1.89 bits per heavy atom. The molecular formula is C26H26F8N6O6. The second-order valence-corrected chi connectivity index (χ2v) is 10.9. The molecule has 0 unspecified atom stereocenters. The van der Waals surface area contributed by atoms with Crippen molar-refractivity contribution in [2.24, 2.45) is 5.92 Å². The van der Waals surface area contributed by atoms with Crippen LogP contribution in [0.4, 0.5) is 39.9 Å². The van der Waals surface area contributed by atoms with E-state index in [1.54, 1.807) is 0 Å². The van der Waals surface area contributed by atoms with Crippen molar-refractivity contribution in [3.05, 3.63) is 35.3 Å². The van der Waals surface area contributed by atoms with E-state index in [0.717, 1.165) is 4.90 Å². The Morgan fingerprint density at radius 3 is 2.52 bits per heavy atom. The number of nitrogens with zero attached hydrogens (tertiary/aromatic N) is 4. The number of ether oxygens (including phenoxy) is 2. The van der Waals surface area contributed by atoms with Crippen LogP contribution in [0.5, 0.6) is 5.88 Å².